The first-order valence-electron chi connectivity index (χ1n) is 7.96. The number of benzene rings is 1. The largest absolute Gasteiger partial charge is 0.504 e. The monoisotopic (exact) mass is 290 g/mol. The molecule has 3 rings (SSSR count). The van der Waals surface area contributed by atoms with Gasteiger partial charge in [-0.15, -0.1) is 0 Å². The van der Waals surface area contributed by atoms with Crippen molar-refractivity contribution in [1.82, 2.24) is 4.90 Å². The molecule has 4 atom stereocenters. The second kappa shape index (κ2) is 5.85. The SMILES string of the molecule is COc1cc(C(C)N2CC3CCCC(N)C3C2)ccc1O. The third-order valence-corrected chi connectivity index (χ3v) is 5.42. The molecule has 0 aromatic heterocycles. The normalized spacial score (nSPS) is 30.9. The summed E-state index contributed by atoms with van der Waals surface area (Å²) in [5, 5.41) is 9.73. The molecule has 4 heteroatoms. The molecule has 4 unspecified atom stereocenters. The summed E-state index contributed by atoms with van der Waals surface area (Å²) in [5.41, 5.74) is 7.50. The van der Waals surface area contributed by atoms with Crippen LogP contribution in [0.25, 0.3) is 0 Å². The van der Waals surface area contributed by atoms with Gasteiger partial charge in [0.05, 0.1) is 7.11 Å². The molecule has 0 bridgehead atoms. The zero-order valence-corrected chi connectivity index (χ0v) is 13.0. The predicted molar refractivity (Wildman–Crippen MR) is 83.5 cm³/mol. The fraction of sp³-hybridized carbons (Fsp3) is 0.647. The number of phenols is 1. The third-order valence-electron chi connectivity index (χ3n) is 5.42. The Hall–Kier alpha value is -1.26. The molecule has 1 aliphatic carbocycles. The number of likely N-dealkylation sites (tertiary alicyclic amines) is 1. The van der Waals surface area contributed by atoms with Gasteiger partial charge in [0, 0.05) is 25.2 Å². The lowest BCUT2D eigenvalue weighted by molar-refractivity contribution is 0.244. The van der Waals surface area contributed by atoms with E-state index in [-0.39, 0.29) is 5.75 Å². The number of nitrogens with zero attached hydrogens (tertiary/aromatic N) is 1. The Morgan fingerprint density at radius 1 is 1.33 bits per heavy atom. The first-order valence-corrected chi connectivity index (χ1v) is 7.96. The molecule has 4 nitrogen and oxygen atoms in total. The van der Waals surface area contributed by atoms with Gasteiger partial charge in [-0.2, -0.15) is 0 Å². The number of fused-ring (bicyclic) bond motifs is 1. The van der Waals surface area contributed by atoms with Crippen LogP contribution in [0, 0.1) is 11.8 Å². The molecule has 116 valence electrons. The number of ether oxygens (including phenoxy) is 1. The molecule has 1 aromatic rings. The van der Waals surface area contributed by atoms with Crippen molar-refractivity contribution in [2.75, 3.05) is 20.2 Å². The van der Waals surface area contributed by atoms with Crippen LogP contribution in [-0.2, 0) is 0 Å². The Balaban J connectivity index is 1.75. The molecule has 0 amide bonds. The van der Waals surface area contributed by atoms with Crippen molar-refractivity contribution >= 4 is 0 Å². The van der Waals surface area contributed by atoms with Gasteiger partial charge in [-0.1, -0.05) is 12.5 Å². The van der Waals surface area contributed by atoms with Crippen molar-refractivity contribution in [3.63, 3.8) is 0 Å². The molecule has 1 saturated heterocycles. The molecule has 0 radical (unpaired) electrons. The topological polar surface area (TPSA) is 58.7 Å². The number of aromatic hydroxyl groups is 1. The van der Waals surface area contributed by atoms with Crippen LogP contribution in [0.3, 0.4) is 0 Å². The van der Waals surface area contributed by atoms with Gasteiger partial charge in [-0.3, -0.25) is 4.90 Å². The molecule has 1 saturated carbocycles. The molecule has 1 heterocycles. The predicted octanol–water partition coefficient (Wildman–Crippen LogP) is 2.52. The summed E-state index contributed by atoms with van der Waals surface area (Å²) in [4.78, 5) is 2.53. The van der Waals surface area contributed by atoms with E-state index in [1.54, 1.807) is 13.2 Å². The lowest BCUT2D eigenvalue weighted by Gasteiger charge is -2.30. The first kappa shape index (κ1) is 14.7. The zero-order chi connectivity index (χ0) is 15.0. The van der Waals surface area contributed by atoms with E-state index in [1.165, 1.54) is 24.8 Å². The van der Waals surface area contributed by atoms with Crippen LogP contribution in [-0.4, -0.2) is 36.2 Å². The Morgan fingerprint density at radius 3 is 2.86 bits per heavy atom. The Bertz CT molecular complexity index is 506. The van der Waals surface area contributed by atoms with Crippen molar-refractivity contribution in [2.45, 2.75) is 38.3 Å². The van der Waals surface area contributed by atoms with Crippen molar-refractivity contribution in [3.8, 4) is 11.5 Å². The number of nitrogens with two attached hydrogens (primary N) is 1. The van der Waals surface area contributed by atoms with E-state index in [0.29, 0.717) is 23.8 Å². The van der Waals surface area contributed by atoms with Gasteiger partial charge in [0.15, 0.2) is 11.5 Å². The van der Waals surface area contributed by atoms with E-state index >= 15 is 0 Å². The van der Waals surface area contributed by atoms with Crippen LogP contribution < -0.4 is 10.5 Å². The van der Waals surface area contributed by atoms with Crippen molar-refractivity contribution < 1.29 is 9.84 Å². The second-order valence-corrected chi connectivity index (χ2v) is 6.58. The fourth-order valence-corrected chi connectivity index (χ4v) is 4.03. The smallest absolute Gasteiger partial charge is 0.160 e. The van der Waals surface area contributed by atoms with Gasteiger partial charge in [0.25, 0.3) is 0 Å². The number of hydrogen-bond acceptors (Lipinski definition) is 4. The number of hydrogen-bond donors (Lipinski definition) is 2. The fourth-order valence-electron chi connectivity index (χ4n) is 4.03. The maximum Gasteiger partial charge on any atom is 0.160 e. The minimum atomic E-state index is 0.200. The van der Waals surface area contributed by atoms with E-state index < -0.39 is 0 Å². The van der Waals surface area contributed by atoms with E-state index in [9.17, 15) is 5.11 Å². The molecular formula is C17H26N2O2. The van der Waals surface area contributed by atoms with Crippen molar-refractivity contribution in [1.29, 1.82) is 0 Å². The third kappa shape index (κ3) is 2.74. The van der Waals surface area contributed by atoms with E-state index in [0.717, 1.165) is 19.0 Å². The number of rotatable bonds is 3. The van der Waals surface area contributed by atoms with Crippen LogP contribution in [0.5, 0.6) is 11.5 Å². The van der Waals surface area contributed by atoms with Gasteiger partial charge in [-0.05, 0) is 49.3 Å². The van der Waals surface area contributed by atoms with Crippen LogP contribution >= 0.6 is 0 Å². The Labute approximate surface area is 126 Å². The van der Waals surface area contributed by atoms with E-state index in [2.05, 4.69) is 11.8 Å². The molecule has 1 aliphatic heterocycles. The highest BCUT2D eigenvalue weighted by Crippen LogP contribution is 2.40. The first-order chi connectivity index (χ1) is 10.1. The molecule has 1 aromatic carbocycles. The van der Waals surface area contributed by atoms with Gasteiger partial charge >= 0.3 is 0 Å². The molecule has 2 fully saturated rings. The van der Waals surface area contributed by atoms with Crippen molar-refractivity contribution in [3.05, 3.63) is 23.8 Å². The minimum Gasteiger partial charge on any atom is -0.504 e. The summed E-state index contributed by atoms with van der Waals surface area (Å²) in [5.74, 6) is 2.16. The molecule has 2 aliphatic rings. The van der Waals surface area contributed by atoms with Crippen LogP contribution in [0.15, 0.2) is 18.2 Å². The Morgan fingerprint density at radius 2 is 2.14 bits per heavy atom. The lowest BCUT2D eigenvalue weighted by atomic mass is 9.78. The maximum atomic E-state index is 9.73. The van der Waals surface area contributed by atoms with Gasteiger partial charge in [0.1, 0.15) is 0 Å². The highest BCUT2D eigenvalue weighted by Gasteiger charge is 2.40. The Kier molecular flexibility index (Phi) is 4.09. The van der Waals surface area contributed by atoms with E-state index in [4.69, 9.17) is 10.5 Å². The molecule has 0 spiro atoms. The zero-order valence-electron chi connectivity index (χ0n) is 13.0. The molecule has 21 heavy (non-hydrogen) atoms. The van der Waals surface area contributed by atoms with Crippen LogP contribution in [0.2, 0.25) is 0 Å². The average Bonchev–Trinajstić information content (AvgIpc) is 2.92. The summed E-state index contributed by atoms with van der Waals surface area (Å²) in [6, 6.07) is 6.36. The summed E-state index contributed by atoms with van der Waals surface area (Å²) in [6.07, 6.45) is 3.77. The van der Waals surface area contributed by atoms with Crippen LogP contribution in [0.1, 0.15) is 37.8 Å². The second-order valence-electron chi connectivity index (χ2n) is 6.58. The summed E-state index contributed by atoms with van der Waals surface area (Å²) in [6.45, 7) is 4.47. The van der Waals surface area contributed by atoms with Gasteiger partial charge in [-0.25, -0.2) is 0 Å². The van der Waals surface area contributed by atoms with Gasteiger partial charge < -0.3 is 15.6 Å². The summed E-state index contributed by atoms with van der Waals surface area (Å²) >= 11 is 0. The molecule has 3 N–H and O–H groups in total. The summed E-state index contributed by atoms with van der Waals surface area (Å²) in [7, 11) is 1.59. The average molecular weight is 290 g/mol. The molecular weight excluding hydrogens is 264 g/mol. The lowest BCUT2D eigenvalue weighted by Crippen LogP contribution is -2.38. The summed E-state index contributed by atoms with van der Waals surface area (Å²) < 4.78 is 5.22. The highest BCUT2D eigenvalue weighted by molar-refractivity contribution is 5.42. The van der Waals surface area contributed by atoms with Crippen LogP contribution in [0.4, 0.5) is 0 Å². The quantitative estimate of drug-likeness (QED) is 0.898. The van der Waals surface area contributed by atoms with E-state index in [1.807, 2.05) is 12.1 Å². The standard InChI is InChI=1S/C17H26N2O2/c1-11(12-6-7-16(20)17(8-12)21-2)19-9-13-4-3-5-15(18)14(13)10-19/h6-8,11,13-15,20H,3-5,9-10,18H2,1-2H3. The maximum absolute atomic E-state index is 9.73. The number of methoxy groups -OCH3 is 1. The minimum absolute atomic E-state index is 0.200. The number of phenolic OH excluding ortho intramolecular Hbond substituents is 1. The highest BCUT2D eigenvalue weighted by atomic mass is 16.5. The van der Waals surface area contributed by atoms with Crippen molar-refractivity contribution in [2.24, 2.45) is 17.6 Å². The van der Waals surface area contributed by atoms with Gasteiger partial charge in [0.2, 0.25) is 0 Å².